The molecule has 0 spiro atoms. The van der Waals surface area contributed by atoms with Gasteiger partial charge in [-0.05, 0) is 49.4 Å². The molecule has 1 aliphatic rings. The van der Waals surface area contributed by atoms with Crippen LogP contribution in [0.2, 0.25) is 0 Å². The number of hydrazone groups is 1. The minimum Gasteiger partial charge on any atom is -0.454 e. The molecule has 6 rings (SSSR count). The quantitative estimate of drug-likeness (QED) is 0.315. The van der Waals surface area contributed by atoms with Crippen LogP contribution in [0.4, 0.5) is 5.69 Å². The van der Waals surface area contributed by atoms with E-state index in [1.165, 1.54) is 5.01 Å². The van der Waals surface area contributed by atoms with E-state index in [4.69, 9.17) is 9.52 Å². The zero-order valence-electron chi connectivity index (χ0n) is 18.4. The van der Waals surface area contributed by atoms with Crippen molar-refractivity contribution in [1.29, 1.82) is 0 Å². The third-order valence-corrected chi connectivity index (χ3v) is 5.79. The average molecular weight is 444 g/mol. The van der Waals surface area contributed by atoms with E-state index in [1.54, 1.807) is 4.68 Å². The van der Waals surface area contributed by atoms with Crippen LogP contribution in [-0.2, 0) is 4.79 Å². The van der Waals surface area contributed by atoms with E-state index in [9.17, 15) is 4.79 Å². The number of aromatic nitrogens is 2. The van der Waals surface area contributed by atoms with Crippen LogP contribution in [-0.4, -0.2) is 21.4 Å². The third kappa shape index (κ3) is 3.42. The highest BCUT2D eigenvalue weighted by Gasteiger charge is 2.29. The fraction of sp³-hybridized carbons (Fsp3) is 0.0357. The first-order valence-corrected chi connectivity index (χ1v) is 11.0. The van der Waals surface area contributed by atoms with Crippen LogP contribution >= 0.6 is 0 Å². The first-order chi connectivity index (χ1) is 16.7. The van der Waals surface area contributed by atoms with Gasteiger partial charge in [-0.15, -0.1) is 0 Å². The Bertz CT molecular complexity index is 1540. The molecule has 0 fully saturated rings. The molecule has 3 aromatic carbocycles. The highest BCUT2D eigenvalue weighted by molar-refractivity contribution is 6.32. The van der Waals surface area contributed by atoms with Crippen molar-refractivity contribution < 1.29 is 9.21 Å². The Balaban J connectivity index is 1.48. The van der Waals surface area contributed by atoms with E-state index in [0.717, 1.165) is 27.9 Å². The highest BCUT2D eigenvalue weighted by atomic mass is 16.3. The van der Waals surface area contributed by atoms with Gasteiger partial charge in [-0.1, -0.05) is 54.6 Å². The van der Waals surface area contributed by atoms with Crippen LogP contribution in [0.5, 0.6) is 0 Å². The normalized spacial score (nSPS) is 14.9. The molecule has 6 nitrogen and oxygen atoms in total. The lowest BCUT2D eigenvalue weighted by Crippen LogP contribution is -2.21. The number of rotatable bonds is 4. The summed E-state index contributed by atoms with van der Waals surface area (Å²) in [5.41, 5.74) is 5.04. The van der Waals surface area contributed by atoms with Crippen molar-refractivity contribution in [3.8, 4) is 17.1 Å². The van der Waals surface area contributed by atoms with E-state index >= 15 is 0 Å². The second-order valence-corrected chi connectivity index (χ2v) is 8.06. The number of carbonyl (C=O) groups is 1. The number of fused-ring (bicyclic) bond motifs is 1. The van der Waals surface area contributed by atoms with Gasteiger partial charge in [0.2, 0.25) is 0 Å². The summed E-state index contributed by atoms with van der Waals surface area (Å²) >= 11 is 0. The number of benzene rings is 3. The lowest BCUT2D eigenvalue weighted by atomic mass is 10.1. The Hall–Kier alpha value is -4.71. The summed E-state index contributed by atoms with van der Waals surface area (Å²) in [5.74, 6) is 0.467. The van der Waals surface area contributed by atoms with Gasteiger partial charge in [0, 0.05) is 17.1 Å². The number of carbonyl (C=O) groups excluding carboxylic acids is 1. The molecule has 2 aromatic heterocycles. The molecule has 1 aliphatic heterocycles. The molecule has 34 heavy (non-hydrogen) atoms. The van der Waals surface area contributed by atoms with Crippen molar-refractivity contribution in [2.24, 2.45) is 5.10 Å². The van der Waals surface area contributed by atoms with Crippen LogP contribution in [0.25, 0.3) is 34.2 Å². The summed E-state index contributed by atoms with van der Waals surface area (Å²) in [5, 5.41) is 11.8. The molecular weight excluding hydrogens is 424 g/mol. The summed E-state index contributed by atoms with van der Waals surface area (Å²) in [6, 6.07) is 29.1. The van der Waals surface area contributed by atoms with Gasteiger partial charge in [-0.25, -0.2) is 4.68 Å². The minimum atomic E-state index is -0.174. The van der Waals surface area contributed by atoms with Crippen molar-refractivity contribution in [3.05, 3.63) is 108 Å². The van der Waals surface area contributed by atoms with Crippen molar-refractivity contribution in [2.45, 2.75) is 6.92 Å². The van der Waals surface area contributed by atoms with Crippen molar-refractivity contribution in [3.63, 3.8) is 0 Å². The third-order valence-electron chi connectivity index (χ3n) is 5.79. The van der Waals surface area contributed by atoms with Gasteiger partial charge < -0.3 is 4.42 Å². The number of para-hydroxylation sites is 3. The van der Waals surface area contributed by atoms with E-state index < -0.39 is 0 Å². The van der Waals surface area contributed by atoms with Gasteiger partial charge in [-0.2, -0.15) is 15.2 Å². The Labute approximate surface area is 196 Å². The van der Waals surface area contributed by atoms with Gasteiger partial charge in [0.1, 0.15) is 11.3 Å². The van der Waals surface area contributed by atoms with Gasteiger partial charge in [0.05, 0.1) is 22.7 Å². The van der Waals surface area contributed by atoms with E-state index in [-0.39, 0.29) is 5.91 Å². The maximum absolute atomic E-state index is 13.3. The predicted molar refractivity (Wildman–Crippen MR) is 134 cm³/mol. The number of anilines is 1. The molecule has 0 aliphatic carbocycles. The molecule has 0 atom stereocenters. The van der Waals surface area contributed by atoms with E-state index in [2.05, 4.69) is 5.10 Å². The molecular formula is C28H20N4O2. The molecule has 0 unspecified atom stereocenters. The first-order valence-electron chi connectivity index (χ1n) is 11.0. The SMILES string of the molecule is CC1=NN(c2ccccc2)C(=O)C1=Cc1cn(-c2ccccc2)nc1-c1cc2ccccc2o1. The lowest BCUT2D eigenvalue weighted by Gasteiger charge is -2.10. The number of nitrogens with zero attached hydrogens (tertiary/aromatic N) is 4. The summed E-state index contributed by atoms with van der Waals surface area (Å²) in [6.45, 7) is 1.84. The zero-order chi connectivity index (χ0) is 23.1. The molecule has 164 valence electrons. The van der Waals surface area contributed by atoms with Gasteiger partial charge >= 0.3 is 0 Å². The monoisotopic (exact) mass is 444 g/mol. The number of amides is 1. The van der Waals surface area contributed by atoms with Crippen molar-refractivity contribution in [2.75, 3.05) is 5.01 Å². The lowest BCUT2D eigenvalue weighted by molar-refractivity contribution is -0.114. The van der Waals surface area contributed by atoms with Gasteiger partial charge in [0.15, 0.2) is 5.76 Å². The smallest absolute Gasteiger partial charge is 0.280 e. The average Bonchev–Trinajstić information content (AvgIpc) is 3.57. The number of furan rings is 1. The van der Waals surface area contributed by atoms with Crippen LogP contribution in [0, 0.1) is 0 Å². The molecule has 0 saturated carbocycles. The largest absolute Gasteiger partial charge is 0.454 e. The summed E-state index contributed by atoms with van der Waals surface area (Å²) in [7, 11) is 0. The first kappa shape index (κ1) is 19.9. The number of hydrogen-bond donors (Lipinski definition) is 0. The highest BCUT2D eigenvalue weighted by Crippen LogP contribution is 2.32. The minimum absolute atomic E-state index is 0.174. The Kier molecular flexibility index (Phi) is 4.70. The van der Waals surface area contributed by atoms with Crippen molar-refractivity contribution in [1.82, 2.24) is 9.78 Å². The molecule has 5 aromatic rings. The summed E-state index contributed by atoms with van der Waals surface area (Å²) < 4.78 is 7.92. The molecule has 0 radical (unpaired) electrons. The predicted octanol–water partition coefficient (Wildman–Crippen LogP) is 6.09. The molecule has 6 heteroatoms. The Morgan fingerprint density at radius 2 is 1.53 bits per heavy atom. The Morgan fingerprint density at radius 1 is 0.853 bits per heavy atom. The molecule has 0 saturated heterocycles. The standard InChI is InChI=1S/C28H20N4O2/c1-19-24(28(33)32(29-19)23-13-6-3-7-14-23)16-21-18-31(22-11-4-2-5-12-22)30-27(21)26-17-20-10-8-9-15-25(20)34-26/h2-18H,1H3. The second kappa shape index (κ2) is 8.01. The zero-order valence-corrected chi connectivity index (χ0v) is 18.4. The Morgan fingerprint density at radius 3 is 2.26 bits per heavy atom. The molecule has 0 bridgehead atoms. The fourth-order valence-electron chi connectivity index (χ4n) is 4.08. The topological polar surface area (TPSA) is 63.6 Å². The summed E-state index contributed by atoms with van der Waals surface area (Å²) in [4.78, 5) is 13.3. The van der Waals surface area contributed by atoms with Crippen LogP contribution < -0.4 is 5.01 Å². The van der Waals surface area contributed by atoms with Gasteiger partial charge in [-0.3, -0.25) is 4.79 Å². The molecule has 3 heterocycles. The number of hydrogen-bond acceptors (Lipinski definition) is 4. The fourth-order valence-corrected chi connectivity index (χ4v) is 4.08. The molecule has 0 N–H and O–H groups in total. The second-order valence-electron chi connectivity index (χ2n) is 8.06. The van der Waals surface area contributed by atoms with Crippen LogP contribution in [0.1, 0.15) is 12.5 Å². The van der Waals surface area contributed by atoms with E-state index in [0.29, 0.717) is 22.7 Å². The molecule has 1 amide bonds. The summed E-state index contributed by atoms with van der Waals surface area (Å²) in [6.07, 6.45) is 3.76. The van der Waals surface area contributed by atoms with Gasteiger partial charge in [0.25, 0.3) is 5.91 Å². The van der Waals surface area contributed by atoms with Crippen LogP contribution in [0.3, 0.4) is 0 Å². The van der Waals surface area contributed by atoms with Crippen molar-refractivity contribution >= 4 is 34.4 Å². The van der Waals surface area contributed by atoms with E-state index in [1.807, 2.05) is 110 Å². The maximum Gasteiger partial charge on any atom is 0.280 e. The maximum atomic E-state index is 13.3. The van der Waals surface area contributed by atoms with Crippen LogP contribution in [0.15, 0.2) is 112 Å².